The van der Waals surface area contributed by atoms with Gasteiger partial charge in [0.1, 0.15) is 0 Å². The molecule has 1 N–H and O–H groups in total. The topological polar surface area (TPSA) is 29.1 Å². The Morgan fingerprint density at radius 3 is 2.47 bits per heavy atom. The van der Waals surface area contributed by atoms with Gasteiger partial charge in [-0.3, -0.25) is 4.79 Å². The van der Waals surface area contributed by atoms with Gasteiger partial charge in [0.25, 0.3) is 5.91 Å². The Labute approximate surface area is 122 Å². The molecule has 0 unspecified atom stereocenters. The number of benzene rings is 2. The van der Waals surface area contributed by atoms with Crippen LogP contribution in [0.1, 0.15) is 21.5 Å². The number of amides is 1. The number of hydrogen-bond donors (Lipinski definition) is 1. The van der Waals surface area contributed by atoms with Crippen LogP contribution in [0.3, 0.4) is 0 Å². The predicted octanol–water partition coefficient (Wildman–Crippen LogP) is 4.64. The van der Waals surface area contributed by atoms with Gasteiger partial charge in [-0.05, 0) is 42.3 Å². The van der Waals surface area contributed by atoms with Gasteiger partial charge in [0, 0.05) is 11.4 Å². The van der Waals surface area contributed by atoms with E-state index in [1.165, 1.54) is 0 Å². The summed E-state index contributed by atoms with van der Waals surface area (Å²) in [5.74, 6) is 0.250. The zero-order chi connectivity index (χ0) is 13.8. The van der Waals surface area contributed by atoms with E-state index in [-0.39, 0.29) is 5.91 Å². The van der Waals surface area contributed by atoms with E-state index in [9.17, 15) is 4.79 Å². The first kappa shape index (κ1) is 13.9. The average molecular weight is 294 g/mol. The third-order valence-electron chi connectivity index (χ3n) is 2.74. The largest absolute Gasteiger partial charge is 0.321 e. The van der Waals surface area contributed by atoms with Gasteiger partial charge in [0.05, 0.1) is 10.7 Å². The average Bonchev–Trinajstić information content (AvgIpc) is 2.43. The first-order chi connectivity index (χ1) is 9.10. The summed E-state index contributed by atoms with van der Waals surface area (Å²) >= 11 is 11.8. The van der Waals surface area contributed by atoms with E-state index in [4.69, 9.17) is 23.2 Å². The van der Waals surface area contributed by atoms with Gasteiger partial charge in [-0.2, -0.15) is 0 Å². The molecule has 0 bridgehead atoms. The Kier molecular flexibility index (Phi) is 4.46. The molecule has 0 atom stereocenters. The summed E-state index contributed by atoms with van der Waals surface area (Å²) in [5, 5.41) is 3.33. The van der Waals surface area contributed by atoms with Crippen LogP contribution in [0.2, 0.25) is 5.02 Å². The lowest BCUT2D eigenvalue weighted by atomic mass is 10.1. The Balaban J connectivity index is 2.18. The molecule has 0 aliphatic rings. The number of anilines is 1. The summed E-state index contributed by atoms with van der Waals surface area (Å²) in [6.07, 6.45) is 0. The molecule has 0 aliphatic carbocycles. The quantitative estimate of drug-likeness (QED) is 0.821. The molecule has 0 radical (unpaired) electrons. The monoisotopic (exact) mass is 293 g/mol. The zero-order valence-electron chi connectivity index (χ0n) is 10.4. The van der Waals surface area contributed by atoms with Gasteiger partial charge in [-0.25, -0.2) is 0 Å². The van der Waals surface area contributed by atoms with Crippen molar-refractivity contribution in [3.63, 3.8) is 0 Å². The molecular formula is C15H13Cl2NO. The number of nitrogens with one attached hydrogen (secondary N) is 1. The summed E-state index contributed by atoms with van der Waals surface area (Å²) in [4.78, 5) is 12.1. The molecule has 98 valence electrons. The summed E-state index contributed by atoms with van der Waals surface area (Å²) in [7, 11) is 0. The van der Waals surface area contributed by atoms with Crippen molar-refractivity contribution in [3.05, 3.63) is 64.2 Å². The molecule has 2 rings (SSSR count). The molecule has 4 heteroatoms. The second-order valence-corrected chi connectivity index (χ2v) is 4.94. The molecule has 0 aromatic heterocycles. The lowest BCUT2D eigenvalue weighted by Gasteiger charge is -2.08. The SMILES string of the molecule is Cc1ccc(Cl)c(NC(=O)c2ccc(CCl)cc2)c1. The maximum Gasteiger partial charge on any atom is 0.255 e. The lowest BCUT2D eigenvalue weighted by Crippen LogP contribution is -2.12. The molecule has 19 heavy (non-hydrogen) atoms. The Bertz CT molecular complexity index is 594. The normalized spacial score (nSPS) is 10.3. The molecule has 0 fully saturated rings. The fraction of sp³-hybridized carbons (Fsp3) is 0.133. The van der Waals surface area contributed by atoms with Crippen molar-refractivity contribution in [1.82, 2.24) is 0 Å². The van der Waals surface area contributed by atoms with Crippen molar-refractivity contribution in [3.8, 4) is 0 Å². The van der Waals surface area contributed by atoms with Crippen LogP contribution in [0.25, 0.3) is 0 Å². The molecule has 0 heterocycles. The smallest absolute Gasteiger partial charge is 0.255 e. The minimum absolute atomic E-state index is 0.186. The number of hydrogen-bond acceptors (Lipinski definition) is 1. The van der Waals surface area contributed by atoms with Gasteiger partial charge < -0.3 is 5.32 Å². The summed E-state index contributed by atoms with van der Waals surface area (Å²) < 4.78 is 0. The van der Waals surface area contributed by atoms with E-state index >= 15 is 0 Å². The second-order valence-electron chi connectivity index (χ2n) is 4.27. The van der Waals surface area contributed by atoms with Crippen LogP contribution >= 0.6 is 23.2 Å². The number of rotatable bonds is 3. The minimum atomic E-state index is -0.186. The highest BCUT2D eigenvalue weighted by Gasteiger charge is 2.08. The van der Waals surface area contributed by atoms with E-state index < -0.39 is 0 Å². The highest BCUT2D eigenvalue weighted by atomic mass is 35.5. The molecule has 2 aromatic carbocycles. The van der Waals surface area contributed by atoms with Crippen molar-refractivity contribution < 1.29 is 4.79 Å². The third kappa shape index (κ3) is 3.49. The predicted molar refractivity (Wildman–Crippen MR) is 80.1 cm³/mol. The molecule has 0 saturated carbocycles. The molecule has 0 spiro atoms. The summed E-state index contributed by atoms with van der Waals surface area (Å²) in [5.41, 5.74) is 3.21. The number of alkyl halides is 1. The van der Waals surface area contributed by atoms with Crippen LogP contribution in [0, 0.1) is 6.92 Å². The highest BCUT2D eigenvalue weighted by molar-refractivity contribution is 6.34. The maximum absolute atomic E-state index is 12.1. The van der Waals surface area contributed by atoms with Crippen LogP contribution < -0.4 is 5.32 Å². The van der Waals surface area contributed by atoms with Crippen molar-refractivity contribution in [2.45, 2.75) is 12.8 Å². The first-order valence-corrected chi connectivity index (χ1v) is 6.74. The maximum atomic E-state index is 12.1. The van der Waals surface area contributed by atoms with E-state index in [1.807, 2.05) is 31.2 Å². The Morgan fingerprint density at radius 1 is 1.16 bits per heavy atom. The third-order valence-corrected chi connectivity index (χ3v) is 3.38. The van der Waals surface area contributed by atoms with E-state index in [1.54, 1.807) is 18.2 Å². The minimum Gasteiger partial charge on any atom is -0.321 e. The van der Waals surface area contributed by atoms with Crippen LogP contribution in [-0.2, 0) is 5.88 Å². The Morgan fingerprint density at radius 2 is 1.84 bits per heavy atom. The zero-order valence-corrected chi connectivity index (χ0v) is 11.9. The number of carbonyl (C=O) groups excluding carboxylic acids is 1. The van der Waals surface area contributed by atoms with Gasteiger partial charge >= 0.3 is 0 Å². The van der Waals surface area contributed by atoms with Gasteiger partial charge in [0.2, 0.25) is 0 Å². The first-order valence-electron chi connectivity index (χ1n) is 5.82. The Hall–Kier alpha value is -1.51. The van der Waals surface area contributed by atoms with Gasteiger partial charge in [-0.1, -0.05) is 29.8 Å². The highest BCUT2D eigenvalue weighted by Crippen LogP contribution is 2.23. The van der Waals surface area contributed by atoms with Crippen LogP contribution in [0.4, 0.5) is 5.69 Å². The van der Waals surface area contributed by atoms with Crippen LogP contribution in [0.5, 0.6) is 0 Å². The molecule has 2 aromatic rings. The fourth-order valence-electron chi connectivity index (χ4n) is 1.67. The van der Waals surface area contributed by atoms with E-state index in [2.05, 4.69) is 5.32 Å². The van der Waals surface area contributed by atoms with Crippen molar-refractivity contribution in [1.29, 1.82) is 0 Å². The van der Waals surface area contributed by atoms with Crippen molar-refractivity contribution >= 4 is 34.8 Å². The standard InChI is InChI=1S/C15H13Cl2NO/c1-10-2-7-13(17)14(8-10)18-15(19)12-5-3-11(9-16)4-6-12/h2-8H,9H2,1H3,(H,18,19). The number of aryl methyl sites for hydroxylation is 1. The second kappa shape index (κ2) is 6.09. The van der Waals surface area contributed by atoms with E-state index in [0.29, 0.717) is 22.2 Å². The lowest BCUT2D eigenvalue weighted by molar-refractivity contribution is 0.102. The fourth-order valence-corrected chi connectivity index (χ4v) is 2.02. The molecule has 0 saturated heterocycles. The van der Waals surface area contributed by atoms with Gasteiger partial charge in [0.15, 0.2) is 0 Å². The number of carbonyl (C=O) groups is 1. The summed E-state index contributed by atoms with van der Waals surface area (Å²) in [6, 6.07) is 12.7. The van der Waals surface area contributed by atoms with Crippen molar-refractivity contribution in [2.24, 2.45) is 0 Å². The molecule has 2 nitrogen and oxygen atoms in total. The number of halogens is 2. The molecule has 0 aliphatic heterocycles. The summed E-state index contributed by atoms with van der Waals surface area (Å²) in [6.45, 7) is 1.95. The van der Waals surface area contributed by atoms with Crippen LogP contribution in [0.15, 0.2) is 42.5 Å². The molecule has 1 amide bonds. The van der Waals surface area contributed by atoms with Gasteiger partial charge in [-0.15, -0.1) is 11.6 Å². The van der Waals surface area contributed by atoms with Crippen LogP contribution in [-0.4, -0.2) is 5.91 Å². The van der Waals surface area contributed by atoms with E-state index in [0.717, 1.165) is 11.1 Å². The van der Waals surface area contributed by atoms with Crippen molar-refractivity contribution in [2.75, 3.05) is 5.32 Å². The molecular weight excluding hydrogens is 281 g/mol.